The first-order chi connectivity index (χ1) is 11.1. The molecule has 4 nitrogen and oxygen atoms in total. The fourth-order valence-corrected chi connectivity index (χ4v) is 3.39. The predicted molar refractivity (Wildman–Crippen MR) is 95.1 cm³/mol. The highest BCUT2D eigenvalue weighted by Crippen LogP contribution is 2.30. The summed E-state index contributed by atoms with van der Waals surface area (Å²) in [6.07, 6.45) is 1.85. The van der Waals surface area contributed by atoms with E-state index in [2.05, 4.69) is 34.0 Å². The lowest BCUT2D eigenvalue weighted by molar-refractivity contribution is -0.125. The maximum atomic E-state index is 12.0. The molecule has 0 bridgehead atoms. The lowest BCUT2D eigenvalue weighted by atomic mass is 10.1. The Labute approximate surface area is 148 Å². The van der Waals surface area contributed by atoms with Crippen molar-refractivity contribution in [3.05, 3.63) is 68.8 Å². The van der Waals surface area contributed by atoms with Gasteiger partial charge in [-0.15, -0.1) is 0 Å². The molecule has 2 aromatic rings. The minimum absolute atomic E-state index is 0.00858. The average molecular weight is 421 g/mol. The number of halogens is 1. The Bertz CT molecular complexity index is 745. The van der Waals surface area contributed by atoms with Gasteiger partial charge in [0.25, 0.3) is 5.91 Å². The van der Waals surface area contributed by atoms with E-state index in [9.17, 15) is 9.59 Å². The number of carbonyl (C=O) groups excluding carboxylic acids is 2. The first-order valence-electron chi connectivity index (χ1n) is 7.44. The Hall–Kier alpha value is -1.89. The van der Waals surface area contributed by atoms with Gasteiger partial charge < -0.3 is 10.1 Å². The van der Waals surface area contributed by atoms with Crippen LogP contribution in [0, 0.1) is 3.57 Å². The van der Waals surface area contributed by atoms with Crippen LogP contribution >= 0.6 is 22.6 Å². The van der Waals surface area contributed by atoms with E-state index in [1.165, 1.54) is 5.56 Å². The second-order valence-electron chi connectivity index (χ2n) is 5.41. The molecule has 0 heterocycles. The molecule has 1 amide bonds. The lowest BCUT2D eigenvalue weighted by Gasteiger charge is -2.14. The van der Waals surface area contributed by atoms with E-state index < -0.39 is 5.97 Å². The van der Waals surface area contributed by atoms with Gasteiger partial charge in [0, 0.05) is 3.57 Å². The molecule has 0 radical (unpaired) electrons. The quantitative estimate of drug-likeness (QED) is 0.609. The first-order valence-corrected chi connectivity index (χ1v) is 8.52. The normalized spacial score (nSPS) is 15.8. The van der Waals surface area contributed by atoms with Crippen LogP contribution < -0.4 is 5.32 Å². The SMILES string of the molecule is O=C(COC(=O)c1ccccc1I)N[C@H]1CCc2ccccc21. The van der Waals surface area contributed by atoms with Gasteiger partial charge in [0.15, 0.2) is 6.61 Å². The number of hydrogen-bond donors (Lipinski definition) is 1. The van der Waals surface area contributed by atoms with Crippen molar-refractivity contribution in [3.8, 4) is 0 Å². The molecule has 0 spiro atoms. The third kappa shape index (κ3) is 3.72. The smallest absolute Gasteiger partial charge is 0.339 e. The molecular formula is C18H16INO3. The number of nitrogens with one attached hydrogen (secondary N) is 1. The summed E-state index contributed by atoms with van der Waals surface area (Å²) in [4.78, 5) is 24.0. The molecular weight excluding hydrogens is 405 g/mol. The second-order valence-corrected chi connectivity index (χ2v) is 6.58. The summed E-state index contributed by atoms with van der Waals surface area (Å²) in [6.45, 7) is -0.261. The van der Waals surface area contributed by atoms with E-state index in [-0.39, 0.29) is 18.6 Å². The molecule has 23 heavy (non-hydrogen) atoms. The van der Waals surface area contributed by atoms with E-state index in [4.69, 9.17) is 4.74 Å². The van der Waals surface area contributed by atoms with Crippen LogP contribution in [-0.4, -0.2) is 18.5 Å². The van der Waals surface area contributed by atoms with Gasteiger partial charge in [-0.2, -0.15) is 0 Å². The number of esters is 1. The highest BCUT2D eigenvalue weighted by molar-refractivity contribution is 14.1. The van der Waals surface area contributed by atoms with Gasteiger partial charge in [-0.25, -0.2) is 4.79 Å². The van der Waals surface area contributed by atoms with Gasteiger partial charge >= 0.3 is 5.97 Å². The fourth-order valence-electron chi connectivity index (χ4n) is 2.78. The van der Waals surface area contributed by atoms with E-state index in [1.807, 2.05) is 30.3 Å². The number of hydrogen-bond acceptors (Lipinski definition) is 3. The maximum absolute atomic E-state index is 12.0. The zero-order valence-electron chi connectivity index (χ0n) is 12.4. The minimum Gasteiger partial charge on any atom is -0.452 e. The predicted octanol–water partition coefficient (Wildman–Crippen LogP) is 3.25. The van der Waals surface area contributed by atoms with Gasteiger partial charge in [-0.1, -0.05) is 36.4 Å². The summed E-state index contributed by atoms with van der Waals surface area (Å²) in [5.41, 5.74) is 2.91. The van der Waals surface area contributed by atoms with E-state index in [0.717, 1.165) is 22.0 Å². The summed E-state index contributed by atoms with van der Waals surface area (Å²) < 4.78 is 5.92. The molecule has 1 aliphatic carbocycles. The number of aryl methyl sites for hydroxylation is 1. The van der Waals surface area contributed by atoms with Crippen LogP contribution in [0.5, 0.6) is 0 Å². The summed E-state index contributed by atoms with van der Waals surface area (Å²) in [6, 6.07) is 15.2. The molecule has 0 saturated heterocycles. The molecule has 0 aliphatic heterocycles. The van der Waals surface area contributed by atoms with Crippen molar-refractivity contribution in [2.75, 3.05) is 6.61 Å². The standard InChI is InChI=1S/C18H16INO3/c19-15-8-4-3-7-14(15)18(22)23-11-17(21)20-16-10-9-12-5-1-2-6-13(12)16/h1-8,16H,9-11H2,(H,20,21)/t16-/m0/s1. The Balaban J connectivity index is 1.55. The number of fused-ring (bicyclic) bond motifs is 1. The Kier molecular flexibility index (Phi) is 4.95. The maximum Gasteiger partial charge on any atom is 0.339 e. The van der Waals surface area contributed by atoms with Crippen molar-refractivity contribution in [2.45, 2.75) is 18.9 Å². The number of carbonyl (C=O) groups is 2. The zero-order valence-corrected chi connectivity index (χ0v) is 14.6. The van der Waals surface area contributed by atoms with Crippen LogP contribution in [0.25, 0.3) is 0 Å². The van der Waals surface area contributed by atoms with Crippen LogP contribution in [0.2, 0.25) is 0 Å². The van der Waals surface area contributed by atoms with Crippen molar-refractivity contribution >= 4 is 34.5 Å². The van der Waals surface area contributed by atoms with E-state index in [1.54, 1.807) is 12.1 Å². The second kappa shape index (κ2) is 7.12. The van der Waals surface area contributed by atoms with Crippen molar-refractivity contribution in [1.29, 1.82) is 0 Å². The molecule has 5 heteroatoms. The third-order valence-electron chi connectivity index (χ3n) is 3.90. The van der Waals surface area contributed by atoms with Crippen LogP contribution in [0.15, 0.2) is 48.5 Å². The van der Waals surface area contributed by atoms with Gasteiger partial charge in [-0.05, 0) is 58.7 Å². The molecule has 0 fully saturated rings. The highest BCUT2D eigenvalue weighted by atomic mass is 127. The minimum atomic E-state index is -0.475. The molecule has 118 valence electrons. The molecule has 1 atom stereocenters. The number of rotatable bonds is 4. The fraction of sp³-hybridized carbons (Fsp3) is 0.222. The lowest BCUT2D eigenvalue weighted by Crippen LogP contribution is -2.31. The Morgan fingerprint density at radius 1 is 1.13 bits per heavy atom. The first kappa shape index (κ1) is 16.0. The number of ether oxygens (including phenoxy) is 1. The Morgan fingerprint density at radius 3 is 2.70 bits per heavy atom. The van der Waals surface area contributed by atoms with Crippen LogP contribution in [0.1, 0.15) is 33.9 Å². The number of benzene rings is 2. The average Bonchev–Trinajstić information content (AvgIpc) is 2.96. The van der Waals surface area contributed by atoms with Crippen molar-refractivity contribution in [3.63, 3.8) is 0 Å². The van der Waals surface area contributed by atoms with Crippen molar-refractivity contribution < 1.29 is 14.3 Å². The largest absolute Gasteiger partial charge is 0.452 e. The van der Waals surface area contributed by atoms with Gasteiger partial charge in [0.05, 0.1) is 11.6 Å². The number of amides is 1. The molecule has 1 aliphatic rings. The monoisotopic (exact) mass is 421 g/mol. The highest BCUT2D eigenvalue weighted by Gasteiger charge is 2.23. The van der Waals surface area contributed by atoms with E-state index >= 15 is 0 Å². The molecule has 3 rings (SSSR count). The zero-order chi connectivity index (χ0) is 16.2. The summed E-state index contributed by atoms with van der Waals surface area (Å²) in [5.74, 6) is -0.747. The molecule has 0 unspecified atom stereocenters. The molecule has 0 aromatic heterocycles. The molecule has 2 aromatic carbocycles. The third-order valence-corrected chi connectivity index (χ3v) is 4.84. The summed E-state index contributed by atoms with van der Waals surface area (Å²) >= 11 is 2.07. The van der Waals surface area contributed by atoms with Gasteiger partial charge in [-0.3, -0.25) is 4.79 Å². The molecule has 0 saturated carbocycles. The van der Waals surface area contributed by atoms with Crippen LogP contribution in [0.4, 0.5) is 0 Å². The topological polar surface area (TPSA) is 55.4 Å². The Morgan fingerprint density at radius 2 is 1.87 bits per heavy atom. The van der Waals surface area contributed by atoms with Gasteiger partial charge in [0.2, 0.25) is 0 Å². The van der Waals surface area contributed by atoms with E-state index in [0.29, 0.717) is 5.56 Å². The van der Waals surface area contributed by atoms with Crippen molar-refractivity contribution in [1.82, 2.24) is 5.32 Å². The van der Waals surface area contributed by atoms with Crippen LogP contribution in [-0.2, 0) is 16.0 Å². The van der Waals surface area contributed by atoms with Gasteiger partial charge in [0.1, 0.15) is 0 Å². The summed E-state index contributed by atoms with van der Waals surface area (Å²) in [5, 5.41) is 2.94. The van der Waals surface area contributed by atoms with Crippen LogP contribution in [0.3, 0.4) is 0 Å². The van der Waals surface area contributed by atoms with Crippen molar-refractivity contribution in [2.24, 2.45) is 0 Å². The summed E-state index contributed by atoms with van der Waals surface area (Å²) in [7, 11) is 0. The molecule has 1 N–H and O–H groups in total.